The Balaban J connectivity index is 0.000000122. The van der Waals surface area contributed by atoms with Crippen molar-refractivity contribution in [3.8, 4) is 0 Å². The average Bonchev–Trinajstić information content (AvgIpc) is 2.76. The fourth-order valence-electron chi connectivity index (χ4n) is 6.47. The molecule has 4 atom stereocenters. The summed E-state index contributed by atoms with van der Waals surface area (Å²) in [4.78, 5) is 0. The molecule has 0 N–H and O–H groups in total. The van der Waals surface area contributed by atoms with E-state index in [-0.39, 0.29) is 0 Å². The van der Waals surface area contributed by atoms with Gasteiger partial charge in [-0.15, -0.1) is 0 Å². The lowest BCUT2D eigenvalue weighted by atomic mass is 9.60. The van der Waals surface area contributed by atoms with Crippen molar-refractivity contribution in [1.82, 2.24) is 0 Å². The first kappa shape index (κ1) is 18.2. The lowest BCUT2D eigenvalue weighted by molar-refractivity contribution is 0.0520. The molecule has 0 aliphatic heterocycles. The van der Waals surface area contributed by atoms with Crippen LogP contribution in [-0.2, 0) is 0 Å². The summed E-state index contributed by atoms with van der Waals surface area (Å²) >= 11 is 0. The van der Waals surface area contributed by atoms with E-state index in [4.69, 9.17) is 0 Å². The third-order valence-corrected chi connectivity index (χ3v) is 7.96. The molecule has 0 radical (unpaired) electrons. The second-order valence-corrected chi connectivity index (χ2v) is 9.63. The molecule has 3 aliphatic carbocycles. The second kappa shape index (κ2) is 8.27. The SMILES string of the molecule is C1CCC2CC3CCCCC3CC2C1.c1ccc2cc3ccccc3cc2c1. The van der Waals surface area contributed by atoms with Gasteiger partial charge in [0.25, 0.3) is 0 Å². The van der Waals surface area contributed by atoms with Gasteiger partial charge < -0.3 is 0 Å². The van der Waals surface area contributed by atoms with E-state index < -0.39 is 0 Å². The summed E-state index contributed by atoms with van der Waals surface area (Å²) in [5, 5.41) is 5.25. The minimum absolute atomic E-state index is 1.16. The highest BCUT2D eigenvalue weighted by molar-refractivity contribution is 5.98. The summed E-state index contributed by atoms with van der Waals surface area (Å²) in [5.74, 6) is 4.62. The van der Waals surface area contributed by atoms with Crippen molar-refractivity contribution < 1.29 is 0 Å². The van der Waals surface area contributed by atoms with Crippen LogP contribution in [0.2, 0.25) is 0 Å². The molecule has 0 bridgehead atoms. The summed E-state index contributed by atoms with van der Waals surface area (Å²) in [6, 6.07) is 21.4. The Morgan fingerprint density at radius 1 is 0.429 bits per heavy atom. The molecule has 3 aromatic carbocycles. The van der Waals surface area contributed by atoms with E-state index in [1.54, 1.807) is 64.2 Å². The van der Waals surface area contributed by atoms with Gasteiger partial charge in [-0.05, 0) is 70.2 Å². The van der Waals surface area contributed by atoms with Crippen molar-refractivity contribution >= 4 is 21.5 Å². The molecule has 0 amide bonds. The number of hydrogen-bond acceptors (Lipinski definition) is 0. The first-order valence-corrected chi connectivity index (χ1v) is 11.7. The molecule has 0 nitrogen and oxygen atoms in total. The van der Waals surface area contributed by atoms with Crippen molar-refractivity contribution in [2.75, 3.05) is 0 Å². The van der Waals surface area contributed by atoms with Gasteiger partial charge in [0.15, 0.2) is 0 Å². The molecule has 0 heteroatoms. The van der Waals surface area contributed by atoms with E-state index in [1.165, 1.54) is 21.5 Å². The number of fused-ring (bicyclic) bond motifs is 4. The average molecular weight is 371 g/mol. The van der Waals surface area contributed by atoms with Crippen molar-refractivity contribution in [3.05, 3.63) is 60.7 Å². The highest BCUT2D eigenvalue weighted by Crippen LogP contribution is 2.49. The molecule has 3 saturated carbocycles. The van der Waals surface area contributed by atoms with E-state index in [0.29, 0.717) is 0 Å². The molecule has 0 aromatic heterocycles. The Bertz CT molecular complexity index is 776. The Morgan fingerprint density at radius 2 is 0.714 bits per heavy atom. The van der Waals surface area contributed by atoms with Crippen LogP contribution in [0.1, 0.15) is 64.2 Å². The molecule has 0 spiro atoms. The van der Waals surface area contributed by atoms with E-state index in [9.17, 15) is 0 Å². The highest BCUT2D eigenvalue weighted by Gasteiger charge is 2.38. The lowest BCUT2D eigenvalue weighted by Gasteiger charge is -2.46. The van der Waals surface area contributed by atoms with Crippen molar-refractivity contribution in [2.24, 2.45) is 23.7 Å². The third-order valence-electron chi connectivity index (χ3n) is 7.96. The molecule has 6 rings (SSSR count). The van der Waals surface area contributed by atoms with Gasteiger partial charge in [-0.3, -0.25) is 0 Å². The monoisotopic (exact) mass is 370 g/mol. The topological polar surface area (TPSA) is 0 Å². The predicted octanol–water partition coefficient (Wildman–Crippen LogP) is 8.39. The third kappa shape index (κ3) is 3.84. The van der Waals surface area contributed by atoms with Crippen molar-refractivity contribution in [2.45, 2.75) is 64.2 Å². The van der Waals surface area contributed by atoms with Crippen LogP contribution in [0.4, 0.5) is 0 Å². The van der Waals surface area contributed by atoms with Crippen LogP contribution < -0.4 is 0 Å². The summed E-state index contributed by atoms with van der Waals surface area (Å²) in [7, 11) is 0. The molecule has 0 saturated heterocycles. The zero-order valence-electron chi connectivity index (χ0n) is 17.2. The fourth-order valence-corrected chi connectivity index (χ4v) is 6.47. The molecular formula is C28H34. The minimum Gasteiger partial charge on any atom is -0.0616 e. The van der Waals surface area contributed by atoms with Gasteiger partial charge in [-0.2, -0.15) is 0 Å². The Labute approximate surface area is 170 Å². The predicted molar refractivity (Wildman–Crippen MR) is 122 cm³/mol. The van der Waals surface area contributed by atoms with E-state index in [2.05, 4.69) is 60.7 Å². The Kier molecular flexibility index (Phi) is 5.39. The van der Waals surface area contributed by atoms with E-state index in [1.807, 2.05) is 0 Å². The zero-order valence-corrected chi connectivity index (χ0v) is 17.2. The fraction of sp³-hybridized carbons (Fsp3) is 0.500. The van der Waals surface area contributed by atoms with Crippen LogP contribution in [0, 0.1) is 23.7 Å². The summed E-state index contributed by atoms with van der Waals surface area (Å²) in [5.41, 5.74) is 0. The van der Waals surface area contributed by atoms with Crippen molar-refractivity contribution in [1.29, 1.82) is 0 Å². The zero-order chi connectivity index (χ0) is 18.8. The van der Waals surface area contributed by atoms with Crippen molar-refractivity contribution in [3.63, 3.8) is 0 Å². The molecule has 28 heavy (non-hydrogen) atoms. The first-order chi connectivity index (χ1) is 13.9. The first-order valence-electron chi connectivity index (χ1n) is 11.7. The Hall–Kier alpha value is -1.82. The molecular weight excluding hydrogens is 336 g/mol. The maximum absolute atomic E-state index is 2.24. The van der Waals surface area contributed by atoms with Gasteiger partial charge in [0, 0.05) is 0 Å². The maximum Gasteiger partial charge on any atom is -0.0178 e. The summed E-state index contributed by atoms with van der Waals surface area (Å²) < 4.78 is 0. The van der Waals surface area contributed by atoms with Crippen LogP contribution >= 0.6 is 0 Å². The van der Waals surface area contributed by atoms with Crippen LogP contribution in [0.5, 0.6) is 0 Å². The number of benzene rings is 3. The smallest absolute Gasteiger partial charge is 0.0178 e. The molecule has 3 fully saturated rings. The standard InChI is InChI=1S/C14H24.C14H10/c2*1-2-6-12-10-14-8-4-3-7-13(14)9-11(12)5-1/h11-14H,1-10H2;1-10H. The summed E-state index contributed by atoms with van der Waals surface area (Å²) in [6.45, 7) is 0. The number of rotatable bonds is 0. The van der Waals surface area contributed by atoms with Gasteiger partial charge >= 0.3 is 0 Å². The number of hydrogen-bond donors (Lipinski definition) is 0. The molecule has 4 unspecified atom stereocenters. The second-order valence-electron chi connectivity index (χ2n) is 9.63. The quantitative estimate of drug-likeness (QED) is 0.348. The van der Waals surface area contributed by atoms with E-state index in [0.717, 1.165) is 23.7 Å². The van der Waals surface area contributed by atoms with Crippen LogP contribution in [-0.4, -0.2) is 0 Å². The van der Waals surface area contributed by atoms with Crippen LogP contribution in [0.15, 0.2) is 60.7 Å². The largest absolute Gasteiger partial charge is 0.0616 e. The van der Waals surface area contributed by atoms with Crippen LogP contribution in [0.25, 0.3) is 21.5 Å². The molecule has 0 heterocycles. The summed E-state index contributed by atoms with van der Waals surface area (Å²) in [6.07, 6.45) is 15.7. The molecule has 3 aromatic rings. The maximum atomic E-state index is 2.24. The van der Waals surface area contributed by atoms with Gasteiger partial charge in [0.1, 0.15) is 0 Å². The normalized spacial score (nSPS) is 29.4. The highest BCUT2D eigenvalue weighted by atomic mass is 14.4. The van der Waals surface area contributed by atoms with E-state index >= 15 is 0 Å². The minimum atomic E-state index is 1.16. The van der Waals surface area contributed by atoms with Gasteiger partial charge in [-0.1, -0.05) is 99.9 Å². The van der Waals surface area contributed by atoms with Gasteiger partial charge in [0.05, 0.1) is 0 Å². The molecule has 3 aliphatic rings. The van der Waals surface area contributed by atoms with Gasteiger partial charge in [0.2, 0.25) is 0 Å². The molecule has 146 valence electrons. The lowest BCUT2D eigenvalue weighted by Crippen LogP contribution is -2.35. The van der Waals surface area contributed by atoms with Crippen LogP contribution in [0.3, 0.4) is 0 Å². The van der Waals surface area contributed by atoms with Gasteiger partial charge in [-0.25, -0.2) is 0 Å². The Morgan fingerprint density at radius 3 is 1.00 bits per heavy atom.